The summed E-state index contributed by atoms with van der Waals surface area (Å²) in [6, 6.07) is 1.70. The highest BCUT2D eigenvalue weighted by atomic mass is 19.4. The summed E-state index contributed by atoms with van der Waals surface area (Å²) in [5.41, 5.74) is -2.90. The van der Waals surface area contributed by atoms with E-state index in [0.29, 0.717) is 6.07 Å². The number of halogens is 3. The Morgan fingerprint density at radius 1 is 1.32 bits per heavy atom. The van der Waals surface area contributed by atoms with Crippen LogP contribution in [0.5, 0.6) is 0 Å². The van der Waals surface area contributed by atoms with Gasteiger partial charge in [-0.2, -0.15) is 13.2 Å². The van der Waals surface area contributed by atoms with Crippen molar-refractivity contribution in [1.29, 1.82) is 0 Å². The van der Waals surface area contributed by atoms with Crippen LogP contribution in [0, 0.1) is 0 Å². The fraction of sp³-hybridized carbons (Fsp3) is 0.611. The number of carbonyl (C=O) groups excluding carboxylic acids is 2. The molecular formula is C18H23F3N2O5. The van der Waals surface area contributed by atoms with Crippen molar-refractivity contribution >= 4 is 12.1 Å². The molecule has 1 aromatic rings. The quantitative estimate of drug-likeness (QED) is 0.700. The molecule has 1 saturated heterocycles. The van der Waals surface area contributed by atoms with E-state index in [-0.39, 0.29) is 31.0 Å². The summed E-state index contributed by atoms with van der Waals surface area (Å²) in [6.07, 6.45) is -5.16. The number of aromatic nitrogens is 1. The van der Waals surface area contributed by atoms with E-state index < -0.39 is 35.1 Å². The van der Waals surface area contributed by atoms with E-state index in [2.05, 4.69) is 9.72 Å². The standard InChI is InChI=1S/C18H23F3N2O5/c1-16(2,3)23-9-17(4,28-15(23)25)10-27-8-12-11(14(24)26-5)6-7-13(22-12)18(19,20)21/h6-7H,8-10H2,1-5H3. The molecule has 1 aromatic heterocycles. The Labute approximate surface area is 160 Å². The minimum atomic E-state index is -4.66. The maximum atomic E-state index is 12.9. The molecule has 10 heteroatoms. The van der Waals surface area contributed by atoms with E-state index in [1.807, 2.05) is 20.8 Å². The SMILES string of the molecule is COC(=O)c1ccc(C(F)(F)F)nc1COCC1(C)CN(C(C)(C)C)C(=O)O1. The summed E-state index contributed by atoms with van der Waals surface area (Å²) in [6.45, 7) is 7.04. The third-order valence-corrected chi connectivity index (χ3v) is 4.17. The van der Waals surface area contributed by atoms with Gasteiger partial charge in [0.25, 0.3) is 0 Å². The largest absolute Gasteiger partial charge is 0.465 e. The summed E-state index contributed by atoms with van der Waals surface area (Å²) in [4.78, 5) is 28.9. The molecule has 1 amide bonds. The number of amides is 1. The zero-order valence-corrected chi connectivity index (χ0v) is 16.3. The second kappa shape index (κ2) is 7.57. The van der Waals surface area contributed by atoms with Crippen LogP contribution in [-0.2, 0) is 27.0 Å². The third kappa shape index (κ3) is 4.92. The van der Waals surface area contributed by atoms with Crippen LogP contribution >= 0.6 is 0 Å². The lowest BCUT2D eigenvalue weighted by molar-refractivity contribution is -0.141. The predicted octanol–water partition coefficient (Wildman–Crippen LogP) is 3.41. The van der Waals surface area contributed by atoms with Crippen molar-refractivity contribution in [2.75, 3.05) is 20.3 Å². The Morgan fingerprint density at radius 3 is 2.46 bits per heavy atom. The number of hydrogen-bond acceptors (Lipinski definition) is 6. The van der Waals surface area contributed by atoms with E-state index in [9.17, 15) is 22.8 Å². The van der Waals surface area contributed by atoms with Gasteiger partial charge in [0.1, 0.15) is 5.69 Å². The van der Waals surface area contributed by atoms with E-state index in [1.165, 1.54) is 0 Å². The van der Waals surface area contributed by atoms with Crippen LogP contribution in [0.2, 0.25) is 0 Å². The lowest BCUT2D eigenvalue weighted by Gasteiger charge is -2.30. The number of carbonyl (C=O) groups is 2. The number of alkyl halides is 3. The molecule has 1 aliphatic heterocycles. The molecule has 28 heavy (non-hydrogen) atoms. The Bertz CT molecular complexity index is 761. The van der Waals surface area contributed by atoms with Crippen molar-refractivity contribution in [3.63, 3.8) is 0 Å². The molecular weight excluding hydrogens is 381 g/mol. The Hall–Kier alpha value is -2.36. The molecule has 0 spiro atoms. The molecule has 0 aromatic carbocycles. The minimum absolute atomic E-state index is 0.0795. The van der Waals surface area contributed by atoms with Gasteiger partial charge in [-0.3, -0.25) is 4.90 Å². The van der Waals surface area contributed by atoms with E-state index in [4.69, 9.17) is 9.47 Å². The first-order valence-corrected chi connectivity index (χ1v) is 8.51. The Balaban J connectivity index is 2.13. The molecule has 0 bridgehead atoms. The van der Waals surface area contributed by atoms with Gasteiger partial charge >= 0.3 is 18.2 Å². The first-order chi connectivity index (χ1) is 12.8. The highest BCUT2D eigenvalue weighted by Crippen LogP contribution is 2.30. The molecule has 0 radical (unpaired) electrons. The van der Waals surface area contributed by atoms with Crippen LogP contribution in [0.1, 0.15) is 49.4 Å². The fourth-order valence-electron chi connectivity index (χ4n) is 2.71. The molecule has 0 aliphatic carbocycles. The summed E-state index contributed by atoms with van der Waals surface area (Å²) in [5.74, 6) is -0.822. The molecule has 1 unspecified atom stereocenters. The van der Waals surface area contributed by atoms with Crippen LogP contribution < -0.4 is 0 Å². The van der Waals surface area contributed by atoms with Crippen molar-refractivity contribution in [2.45, 2.75) is 51.6 Å². The fourth-order valence-corrected chi connectivity index (χ4v) is 2.71. The van der Waals surface area contributed by atoms with Gasteiger partial charge in [0.15, 0.2) is 5.60 Å². The van der Waals surface area contributed by atoms with Gasteiger partial charge in [-0.1, -0.05) is 0 Å². The number of pyridine rings is 1. The van der Waals surface area contributed by atoms with Crippen molar-refractivity contribution in [3.8, 4) is 0 Å². The highest BCUT2D eigenvalue weighted by Gasteiger charge is 2.45. The van der Waals surface area contributed by atoms with Gasteiger partial charge in [-0.25, -0.2) is 14.6 Å². The third-order valence-electron chi connectivity index (χ3n) is 4.17. The van der Waals surface area contributed by atoms with Crippen LogP contribution in [-0.4, -0.2) is 53.3 Å². The van der Waals surface area contributed by atoms with Crippen molar-refractivity contribution in [1.82, 2.24) is 9.88 Å². The van der Waals surface area contributed by atoms with Crippen LogP contribution in [0.25, 0.3) is 0 Å². The number of nitrogens with zero attached hydrogens (tertiary/aromatic N) is 2. The van der Waals surface area contributed by atoms with Crippen LogP contribution in [0.15, 0.2) is 12.1 Å². The zero-order valence-electron chi connectivity index (χ0n) is 16.3. The Morgan fingerprint density at radius 2 is 1.96 bits per heavy atom. The smallest absolute Gasteiger partial charge is 0.433 e. The summed E-state index contributed by atoms with van der Waals surface area (Å²) >= 11 is 0. The van der Waals surface area contributed by atoms with E-state index in [0.717, 1.165) is 13.2 Å². The van der Waals surface area contributed by atoms with Gasteiger partial charge in [0.05, 0.1) is 38.1 Å². The highest BCUT2D eigenvalue weighted by molar-refractivity contribution is 5.90. The molecule has 2 rings (SSSR count). The molecule has 1 aliphatic rings. The summed E-state index contributed by atoms with van der Waals surface area (Å²) in [5, 5.41) is 0. The van der Waals surface area contributed by atoms with Crippen molar-refractivity contribution < 1.29 is 37.0 Å². The van der Waals surface area contributed by atoms with Crippen molar-refractivity contribution in [2.24, 2.45) is 0 Å². The lowest BCUT2D eigenvalue weighted by Crippen LogP contribution is -2.44. The molecule has 0 N–H and O–H groups in total. The predicted molar refractivity (Wildman–Crippen MR) is 91.6 cm³/mol. The maximum Gasteiger partial charge on any atom is 0.433 e. The average Bonchev–Trinajstić information content (AvgIpc) is 2.88. The van der Waals surface area contributed by atoms with E-state index in [1.54, 1.807) is 11.8 Å². The number of rotatable bonds is 5. The van der Waals surface area contributed by atoms with Crippen LogP contribution in [0.4, 0.5) is 18.0 Å². The molecule has 0 saturated carbocycles. The summed E-state index contributed by atoms with van der Waals surface area (Å²) < 4.78 is 54.2. The number of esters is 1. The molecule has 2 heterocycles. The zero-order chi connectivity index (χ0) is 21.3. The molecule has 7 nitrogen and oxygen atoms in total. The summed E-state index contributed by atoms with van der Waals surface area (Å²) in [7, 11) is 1.12. The number of hydrogen-bond donors (Lipinski definition) is 0. The van der Waals surface area contributed by atoms with E-state index >= 15 is 0 Å². The second-order valence-electron chi connectivity index (χ2n) is 7.75. The monoisotopic (exact) mass is 404 g/mol. The van der Waals surface area contributed by atoms with Crippen LogP contribution in [0.3, 0.4) is 0 Å². The van der Waals surface area contributed by atoms with Gasteiger partial charge in [-0.05, 0) is 39.8 Å². The first kappa shape index (κ1) is 21.9. The molecule has 1 fully saturated rings. The number of ether oxygens (including phenoxy) is 3. The number of methoxy groups -OCH3 is 1. The lowest BCUT2D eigenvalue weighted by atomic mass is 10.0. The topological polar surface area (TPSA) is 78.0 Å². The molecule has 1 atom stereocenters. The maximum absolute atomic E-state index is 12.9. The van der Waals surface area contributed by atoms with Gasteiger partial charge in [0, 0.05) is 5.54 Å². The van der Waals surface area contributed by atoms with Gasteiger partial charge in [0.2, 0.25) is 0 Å². The van der Waals surface area contributed by atoms with Gasteiger partial charge < -0.3 is 14.2 Å². The molecule has 156 valence electrons. The minimum Gasteiger partial charge on any atom is -0.465 e. The first-order valence-electron chi connectivity index (χ1n) is 8.51. The van der Waals surface area contributed by atoms with Crippen molar-refractivity contribution in [3.05, 3.63) is 29.1 Å². The normalized spacial score (nSPS) is 20.3. The second-order valence-corrected chi connectivity index (χ2v) is 7.75. The number of cyclic esters (lactones) is 1. The van der Waals surface area contributed by atoms with Gasteiger partial charge in [-0.15, -0.1) is 0 Å². The average molecular weight is 404 g/mol. The Kier molecular flexibility index (Phi) is 5.93.